The van der Waals surface area contributed by atoms with Crippen molar-refractivity contribution in [1.82, 2.24) is 0 Å². The van der Waals surface area contributed by atoms with Crippen LogP contribution in [0.2, 0.25) is 0 Å². The molecule has 0 bridgehead atoms. The lowest BCUT2D eigenvalue weighted by Crippen LogP contribution is -2.02. The second-order valence-corrected chi connectivity index (χ2v) is 3.61. The summed E-state index contributed by atoms with van der Waals surface area (Å²) in [5.74, 6) is -0.224. The molecule has 4 nitrogen and oxygen atoms in total. The van der Waals surface area contributed by atoms with Gasteiger partial charge in [-0.25, -0.2) is 0 Å². The fraction of sp³-hybridized carbons (Fsp3) is 0.222. The Kier molecular flexibility index (Phi) is 3.35. The number of hydrogen-bond donors (Lipinski definition) is 0. The summed E-state index contributed by atoms with van der Waals surface area (Å²) in [7, 11) is 0. The van der Waals surface area contributed by atoms with Gasteiger partial charge >= 0.3 is 0 Å². The topological polar surface area (TPSA) is 60.2 Å². The molecule has 74 valence electrons. The summed E-state index contributed by atoms with van der Waals surface area (Å²) in [6.07, 6.45) is 0.261. The summed E-state index contributed by atoms with van der Waals surface area (Å²) in [6, 6.07) is 4.35. The number of carbonyl (C=O) groups is 1. The van der Waals surface area contributed by atoms with E-state index in [-0.39, 0.29) is 23.5 Å². The SMILES string of the molecule is CCC(=O)c1cc(Br)ccc1[N+](=O)[O-]. The Balaban J connectivity index is 3.29. The first-order valence-corrected chi connectivity index (χ1v) is 4.82. The smallest absolute Gasteiger partial charge is 0.280 e. The van der Waals surface area contributed by atoms with Gasteiger partial charge < -0.3 is 0 Å². The average molecular weight is 258 g/mol. The van der Waals surface area contributed by atoms with Crippen LogP contribution in [-0.2, 0) is 0 Å². The maximum Gasteiger partial charge on any atom is 0.280 e. The molecule has 0 radical (unpaired) electrons. The minimum absolute atomic E-state index is 0.139. The highest BCUT2D eigenvalue weighted by molar-refractivity contribution is 9.10. The summed E-state index contributed by atoms with van der Waals surface area (Å²) >= 11 is 3.17. The number of halogens is 1. The number of nitro benzene ring substituents is 1. The molecule has 0 spiro atoms. The van der Waals surface area contributed by atoms with Gasteiger partial charge in [-0.1, -0.05) is 22.9 Å². The number of ketones is 1. The van der Waals surface area contributed by atoms with Crippen LogP contribution in [0.1, 0.15) is 23.7 Å². The van der Waals surface area contributed by atoms with Crippen molar-refractivity contribution in [3.05, 3.63) is 38.3 Å². The van der Waals surface area contributed by atoms with Crippen molar-refractivity contribution in [2.24, 2.45) is 0 Å². The lowest BCUT2D eigenvalue weighted by molar-refractivity contribution is -0.385. The molecule has 0 N–H and O–H groups in total. The van der Waals surface area contributed by atoms with Gasteiger partial charge in [0.1, 0.15) is 0 Å². The fourth-order valence-electron chi connectivity index (χ4n) is 1.08. The number of rotatable bonds is 3. The third kappa shape index (κ3) is 2.17. The van der Waals surface area contributed by atoms with E-state index in [0.717, 1.165) is 0 Å². The Hall–Kier alpha value is -1.23. The van der Waals surface area contributed by atoms with Crippen LogP contribution in [0.5, 0.6) is 0 Å². The first-order chi connectivity index (χ1) is 6.56. The quantitative estimate of drug-likeness (QED) is 0.475. The molecule has 14 heavy (non-hydrogen) atoms. The number of Topliss-reactive ketones (excluding diaryl/α,β-unsaturated/α-hetero) is 1. The van der Waals surface area contributed by atoms with Gasteiger partial charge in [0.15, 0.2) is 5.78 Å². The van der Waals surface area contributed by atoms with E-state index in [1.165, 1.54) is 12.1 Å². The molecule has 0 amide bonds. The van der Waals surface area contributed by atoms with Gasteiger partial charge in [-0.05, 0) is 12.1 Å². The van der Waals surface area contributed by atoms with Crippen LogP contribution < -0.4 is 0 Å². The summed E-state index contributed by atoms with van der Waals surface area (Å²) in [5.41, 5.74) is 0.0203. The Morgan fingerprint density at radius 3 is 2.71 bits per heavy atom. The molecule has 0 unspecified atom stereocenters. The zero-order valence-electron chi connectivity index (χ0n) is 7.49. The molecular formula is C9H8BrNO3. The van der Waals surface area contributed by atoms with Gasteiger partial charge in [-0.15, -0.1) is 0 Å². The number of benzene rings is 1. The van der Waals surface area contributed by atoms with Crippen LogP contribution in [0.3, 0.4) is 0 Å². The summed E-state index contributed by atoms with van der Waals surface area (Å²) in [4.78, 5) is 21.4. The summed E-state index contributed by atoms with van der Waals surface area (Å²) in [6.45, 7) is 1.67. The molecule has 1 aromatic rings. The van der Waals surface area contributed by atoms with Crippen LogP contribution >= 0.6 is 15.9 Å². The summed E-state index contributed by atoms with van der Waals surface area (Å²) < 4.78 is 0.667. The van der Waals surface area contributed by atoms with Gasteiger partial charge in [0, 0.05) is 17.0 Å². The van der Waals surface area contributed by atoms with Crippen LogP contribution in [0.4, 0.5) is 5.69 Å². The molecule has 5 heteroatoms. The first kappa shape index (κ1) is 10.8. The van der Waals surface area contributed by atoms with Gasteiger partial charge in [0.05, 0.1) is 10.5 Å². The van der Waals surface area contributed by atoms with Crippen molar-refractivity contribution in [3.63, 3.8) is 0 Å². The van der Waals surface area contributed by atoms with E-state index < -0.39 is 4.92 Å². The van der Waals surface area contributed by atoms with Gasteiger partial charge in [-0.2, -0.15) is 0 Å². The molecule has 1 aromatic carbocycles. The molecule has 0 atom stereocenters. The first-order valence-electron chi connectivity index (χ1n) is 4.03. The highest BCUT2D eigenvalue weighted by Crippen LogP contribution is 2.23. The molecule has 0 fully saturated rings. The van der Waals surface area contributed by atoms with Crippen molar-refractivity contribution in [2.75, 3.05) is 0 Å². The van der Waals surface area contributed by atoms with Crippen LogP contribution in [0.25, 0.3) is 0 Å². The molecule has 0 aliphatic carbocycles. The highest BCUT2D eigenvalue weighted by atomic mass is 79.9. The Morgan fingerprint density at radius 2 is 2.21 bits per heavy atom. The largest absolute Gasteiger partial charge is 0.294 e. The minimum Gasteiger partial charge on any atom is -0.294 e. The number of carbonyl (C=O) groups excluding carboxylic acids is 1. The fourth-order valence-corrected chi connectivity index (χ4v) is 1.44. The molecule has 0 aromatic heterocycles. The normalized spacial score (nSPS) is 9.86. The van der Waals surface area contributed by atoms with Crippen LogP contribution in [0, 0.1) is 10.1 Å². The predicted molar refractivity (Wildman–Crippen MR) is 55.4 cm³/mol. The monoisotopic (exact) mass is 257 g/mol. The zero-order chi connectivity index (χ0) is 10.7. The molecule has 0 aliphatic heterocycles. The van der Waals surface area contributed by atoms with Crippen molar-refractivity contribution < 1.29 is 9.72 Å². The van der Waals surface area contributed by atoms with E-state index in [0.29, 0.717) is 4.47 Å². The van der Waals surface area contributed by atoms with Crippen molar-refractivity contribution in [2.45, 2.75) is 13.3 Å². The van der Waals surface area contributed by atoms with E-state index in [1.54, 1.807) is 13.0 Å². The van der Waals surface area contributed by atoms with Gasteiger partial charge in [0.2, 0.25) is 0 Å². The number of nitro groups is 1. The molecule has 0 saturated carbocycles. The van der Waals surface area contributed by atoms with E-state index in [9.17, 15) is 14.9 Å². The highest BCUT2D eigenvalue weighted by Gasteiger charge is 2.18. The Morgan fingerprint density at radius 1 is 1.57 bits per heavy atom. The van der Waals surface area contributed by atoms with Crippen molar-refractivity contribution in [1.29, 1.82) is 0 Å². The van der Waals surface area contributed by atoms with E-state index >= 15 is 0 Å². The second kappa shape index (κ2) is 4.32. The van der Waals surface area contributed by atoms with Gasteiger partial charge in [-0.3, -0.25) is 14.9 Å². The zero-order valence-corrected chi connectivity index (χ0v) is 9.08. The molecule has 0 aliphatic rings. The number of nitrogens with zero attached hydrogens (tertiary/aromatic N) is 1. The summed E-state index contributed by atoms with van der Waals surface area (Å²) in [5, 5.41) is 10.6. The van der Waals surface area contributed by atoms with E-state index in [1.807, 2.05) is 0 Å². The van der Waals surface area contributed by atoms with E-state index in [4.69, 9.17) is 0 Å². The lowest BCUT2D eigenvalue weighted by Gasteiger charge is -2.00. The number of hydrogen-bond acceptors (Lipinski definition) is 3. The molecule has 1 rings (SSSR count). The van der Waals surface area contributed by atoms with Crippen molar-refractivity contribution in [3.8, 4) is 0 Å². The average Bonchev–Trinajstić information content (AvgIpc) is 2.16. The lowest BCUT2D eigenvalue weighted by atomic mass is 10.1. The standard InChI is InChI=1S/C9H8BrNO3/c1-2-9(12)7-5-6(10)3-4-8(7)11(13)14/h3-5H,2H2,1H3. The minimum atomic E-state index is -0.546. The molecular weight excluding hydrogens is 250 g/mol. The molecule has 0 heterocycles. The Bertz CT molecular complexity index is 390. The molecule has 0 saturated heterocycles. The predicted octanol–water partition coefficient (Wildman–Crippen LogP) is 2.95. The van der Waals surface area contributed by atoms with Crippen LogP contribution in [0.15, 0.2) is 22.7 Å². The van der Waals surface area contributed by atoms with E-state index in [2.05, 4.69) is 15.9 Å². The maximum absolute atomic E-state index is 11.4. The third-order valence-corrected chi connectivity index (χ3v) is 2.27. The third-order valence-electron chi connectivity index (χ3n) is 1.78. The van der Waals surface area contributed by atoms with Crippen LogP contribution in [-0.4, -0.2) is 10.7 Å². The van der Waals surface area contributed by atoms with Crippen molar-refractivity contribution >= 4 is 27.4 Å². The van der Waals surface area contributed by atoms with Gasteiger partial charge in [0.25, 0.3) is 5.69 Å². The Labute approximate surface area is 89.2 Å². The maximum atomic E-state index is 11.4. The second-order valence-electron chi connectivity index (χ2n) is 2.70.